The fourth-order valence-corrected chi connectivity index (χ4v) is 4.60. The van der Waals surface area contributed by atoms with Gasteiger partial charge in [-0.3, -0.25) is 9.55 Å². The summed E-state index contributed by atoms with van der Waals surface area (Å²) in [7, 11) is 0. The number of aromatic nitrogens is 3. The maximum Gasteiger partial charge on any atom is 0.328 e. The minimum absolute atomic E-state index is 0.0892. The van der Waals surface area contributed by atoms with Gasteiger partial charge in [0.25, 0.3) is 0 Å². The Morgan fingerprint density at radius 2 is 1.81 bits per heavy atom. The molecule has 2 N–H and O–H groups in total. The third-order valence-corrected chi connectivity index (χ3v) is 6.84. The van der Waals surface area contributed by atoms with Gasteiger partial charge in [0.05, 0.1) is 18.4 Å². The van der Waals surface area contributed by atoms with E-state index in [1.807, 2.05) is 12.1 Å². The van der Waals surface area contributed by atoms with Crippen LogP contribution < -0.4 is 5.69 Å². The number of hydrogen-bond donors (Lipinski definition) is 2. The molecular weight excluding hydrogens is 386 g/mol. The first-order valence-corrected chi connectivity index (χ1v) is 10.8. The van der Waals surface area contributed by atoms with Crippen LogP contribution >= 0.6 is 0 Å². The summed E-state index contributed by atoms with van der Waals surface area (Å²) >= 11 is 0. The van der Waals surface area contributed by atoms with Gasteiger partial charge >= 0.3 is 5.69 Å². The highest BCUT2D eigenvalue weighted by molar-refractivity contribution is 5.79. The van der Waals surface area contributed by atoms with Crippen LogP contribution in [0.15, 0.2) is 48.0 Å². The summed E-state index contributed by atoms with van der Waals surface area (Å²) in [6.45, 7) is 16.1. The first-order chi connectivity index (χ1) is 14.5. The molecule has 31 heavy (non-hydrogen) atoms. The molecule has 1 aliphatic rings. The van der Waals surface area contributed by atoms with E-state index in [0.29, 0.717) is 0 Å². The molecule has 0 spiro atoms. The SMILES string of the molecule is C=C(c1ccc(Cn2c(O)c[nH]c2=O)cn1)c1cc2c(cc1C)C(C)(C)CCC2(C)C. The molecule has 0 radical (unpaired) electrons. The molecule has 1 aliphatic carbocycles. The van der Waals surface area contributed by atoms with E-state index >= 15 is 0 Å². The number of nitrogens with one attached hydrogen (secondary N) is 1. The number of nitrogens with zero attached hydrogens (tertiary/aromatic N) is 2. The van der Waals surface area contributed by atoms with Gasteiger partial charge in [0.1, 0.15) is 0 Å². The molecule has 4 rings (SSSR count). The Morgan fingerprint density at radius 1 is 1.16 bits per heavy atom. The predicted molar refractivity (Wildman–Crippen MR) is 125 cm³/mol. The number of aromatic amines is 1. The molecule has 0 amide bonds. The van der Waals surface area contributed by atoms with Crippen LogP contribution in [-0.4, -0.2) is 19.6 Å². The lowest BCUT2D eigenvalue weighted by atomic mass is 9.62. The van der Waals surface area contributed by atoms with Crippen LogP contribution in [-0.2, 0) is 17.4 Å². The van der Waals surface area contributed by atoms with Gasteiger partial charge in [-0.25, -0.2) is 4.79 Å². The van der Waals surface area contributed by atoms with E-state index in [0.717, 1.165) is 22.4 Å². The van der Waals surface area contributed by atoms with Crippen LogP contribution in [0.4, 0.5) is 0 Å². The van der Waals surface area contributed by atoms with Gasteiger partial charge in [-0.1, -0.05) is 46.4 Å². The molecule has 0 atom stereocenters. The minimum atomic E-state index is -0.346. The van der Waals surface area contributed by atoms with Crippen molar-refractivity contribution in [3.05, 3.63) is 87.2 Å². The average molecular weight is 418 g/mol. The van der Waals surface area contributed by atoms with E-state index in [1.165, 1.54) is 40.3 Å². The van der Waals surface area contributed by atoms with Crippen LogP contribution in [0.3, 0.4) is 0 Å². The number of aromatic hydroxyl groups is 1. The Labute approximate surface area is 183 Å². The maximum atomic E-state index is 11.8. The highest BCUT2D eigenvalue weighted by atomic mass is 16.3. The smallest absolute Gasteiger partial charge is 0.328 e. The lowest BCUT2D eigenvalue weighted by Gasteiger charge is -2.42. The van der Waals surface area contributed by atoms with Crippen molar-refractivity contribution in [2.45, 2.75) is 64.8 Å². The third-order valence-electron chi connectivity index (χ3n) is 6.84. The molecule has 1 aromatic carbocycles. The Hall–Kier alpha value is -3.08. The summed E-state index contributed by atoms with van der Waals surface area (Å²) < 4.78 is 1.27. The molecule has 0 bridgehead atoms. The largest absolute Gasteiger partial charge is 0.493 e. The zero-order valence-electron chi connectivity index (χ0n) is 19.0. The number of hydrogen-bond acceptors (Lipinski definition) is 3. The van der Waals surface area contributed by atoms with Crippen LogP contribution in [0.1, 0.15) is 74.0 Å². The van der Waals surface area contributed by atoms with Crippen molar-refractivity contribution in [1.29, 1.82) is 0 Å². The van der Waals surface area contributed by atoms with Crippen molar-refractivity contribution >= 4 is 5.57 Å². The van der Waals surface area contributed by atoms with Crippen LogP contribution in [0.5, 0.6) is 5.88 Å². The average Bonchev–Trinajstić information content (AvgIpc) is 3.03. The number of pyridine rings is 1. The zero-order valence-corrected chi connectivity index (χ0v) is 19.0. The minimum Gasteiger partial charge on any atom is -0.493 e. The lowest BCUT2D eigenvalue weighted by molar-refractivity contribution is 0.331. The standard InChI is InChI=1S/C26H31N3O2/c1-16-11-20-21(26(5,6)10-9-25(20,3)4)12-19(16)17(2)22-8-7-18(13-27-22)15-29-23(30)14-28-24(29)31/h7-8,11-14,30H,2,9-10,15H2,1,3-6H3,(H,28,31). The van der Waals surface area contributed by atoms with E-state index in [-0.39, 0.29) is 28.9 Å². The molecule has 2 aromatic heterocycles. The fraction of sp³-hybridized carbons (Fsp3) is 0.385. The van der Waals surface area contributed by atoms with Crippen molar-refractivity contribution in [2.24, 2.45) is 0 Å². The molecular formula is C26H31N3O2. The quantitative estimate of drug-likeness (QED) is 0.624. The van der Waals surface area contributed by atoms with Crippen LogP contribution in [0.25, 0.3) is 5.57 Å². The predicted octanol–water partition coefficient (Wildman–Crippen LogP) is 5.04. The number of imidazole rings is 1. The van der Waals surface area contributed by atoms with Gasteiger partial charge in [-0.2, -0.15) is 0 Å². The monoisotopic (exact) mass is 417 g/mol. The number of aryl methyl sites for hydroxylation is 1. The summed E-state index contributed by atoms with van der Waals surface area (Å²) in [5.74, 6) is -0.0892. The van der Waals surface area contributed by atoms with Crippen molar-refractivity contribution in [2.75, 3.05) is 0 Å². The van der Waals surface area contributed by atoms with Crippen molar-refractivity contribution < 1.29 is 5.11 Å². The van der Waals surface area contributed by atoms with Crippen molar-refractivity contribution in [1.82, 2.24) is 14.5 Å². The topological polar surface area (TPSA) is 70.9 Å². The Bertz CT molecular complexity index is 1210. The summed E-state index contributed by atoms with van der Waals surface area (Å²) in [6, 6.07) is 8.51. The van der Waals surface area contributed by atoms with Gasteiger partial charge in [0, 0.05) is 11.8 Å². The molecule has 0 saturated carbocycles. The molecule has 2 heterocycles. The van der Waals surface area contributed by atoms with E-state index in [2.05, 4.69) is 63.3 Å². The normalized spacial score (nSPS) is 16.7. The summed E-state index contributed by atoms with van der Waals surface area (Å²) in [5, 5.41) is 9.79. The molecule has 0 aliphatic heterocycles. The van der Waals surface area contributed by atoms with Gasteiger partial charge in [-0.05, 0) is 70.5 Å². The zero-order chi connectivity index (χ0) is 22.6. The highest BCUT2D eigenvalue weighted by Gasteiger charge is 2.37. The number of benzene rings is 1. The van der Waals surface area contributed by atoms with Crippen LogP contribution in [0.2, 0.25) is 0 Å². The van der Waals surface area contributed by atoms with Crippen LogP contribution in [0, 0.1) is 6.92 Å². The lowest BCUT2D eigenvalue weighted by Crippen LogP contribution is -2.34. The Morgan fingerprint density at radius 3 is 2.35 bits per heavy atom. The molecule has 5 nitrogen and oxygen atoms in total. The van der Waals surface area contributed by atoms with E-state index in [9.17, 15) is 9.90 Å². The first-order valence-electron chi connectivity index (χ1n) is 10.8. The second-order valence-corrected chi connectivity index (χ2v) is 10.0. The third kappa shape index (κ3) is 3.73. The second-order valence-electron chi connectivity index (χ2n) is 10.0. The summed E-state index contributed by atoms with van der Waals surface area (Å²) in [4.78, 5) is 18.9. The van der Waals surface area contributed by atoms with E-state index in [4.69, 9.17) is 0 Å². The summed E-state index contributed by atoms with van der Waals surface area (Å²) in [6.07, 6.45) is 5.38. The number of H-pyrrole nitrogens is 1. The maximum absolute atomic E-state index is 11.8. The highest BCUT2D eigenvalue weighted by Crippen LogP contribution is 2.47. The molecule has 162 valence electrons. The summed E-state index contributed by atoms with van der Waals surface area (Å²) in [5.41, 5.74) is 7.70. The fourth-order valence-electron chi connectivity index (χ4n) is 4.60. The molecule has 0 saturated heterocycles. The van der Waals surface area contributed by atoms with Gasteiger partial charge in [0.2, 0.25) is 5.88 Å². The molecule has 5 heteroatoms. The van der Waals surface area contributed by atoms with Crippen molar-refractivity contribution in [3.8, 4) is 5.88 Å². The van der Waals surface area contributed by atoms with Gasteiger partial charge < -0.3 is 10.1 Å². The van der Waals surface area contributed by atoms with E-state index < -0.39 is 0 Å². The molecule has 0 unspecified atom stereocenters. The van der Waals surface area contributed by atoms with Gasteiger partial charge in [-0.15, -0.1) is 0 Å². The Balaban J connectivity index is 1.66. The number of fused-ring (bicyclic) bond motifs is 1. The van der Waals surface area contributed by atoms with Gasteiger partial charge in [0.15, 0.2) is 0 Å². The Kier molecular flexibility index (Phi) is 4.95. The molecule has 3 aromatic rings. The molecule has 0 fully saturated rings. The van der Waals surface area contributed by atoms with E-state index in [1.54, 1.807) is 6.20 Å². The first kappa shape index (κ1) is 21.2. The van der Waals surface area contributed by atoms with Crippen molar-refractivity contribution in [3.63, 3.8) is 0 Å². The number of rotatable bonds is 4. The second kappa shape index (κ2) is 7.26.